The molecule has 8 heteroatoms. The lowest BCUT2D eigenvalue weighted by molar-refractivity contribution is -0.0449. The summed E-state index contributed by atoms with van der Waals surface area (Å²) in [7, 11) is -3.65. The molecule has 2 fully saturated rings. The topological polar surface area (TPSA) is 97.5 Å². The van der Waals surface area contributed by atoms with Crippen LogP contribution in [0.25, 0.3) is 0 Å². The average molecular weight is 312 g/mol. The van der Waals surface area contributed by atoms with Gasteiger partial charge < -0.3 is 10.5 Å². The van der Waals surface area contributed by atoms with E-state index in [2.05, 4.69) is 14.6 Å². The number of ether oxygens (including phenoxy) is 1. The zero-order valence-corrected chi connectivity index (χ0v) is 12.6. The van der Waals surface area contributed by atoms with Crippen molar-refractivity contribution < 1.29 is 13.2 Å². The van der Waals surface area contributed by atoms with Crippen LogP contribution in [0.1, 0.15) is 12.8 Å². The molecular formula is C13H20N4O3S. The first-order valence-electron chi connectivity index (χ1n) is 7.12. The lowest BCUT2D eigenvalue weighted by Crippen LogP contribution is -2.50. The van der Waals surface area contributed by atoms with Gasteiger partial charge in [-0.2, -0.15) is 0 Å². The molecule has 3 heterocycles. The van der Waals surface area contributed by atoms with E-state index in [1.165, 1.54) is 25.1 Å². The van der Waals surface area contributed by atoms with E-state index in [4.69, 9.17) is 10.5 Å². The standard InChI is InChI=1S/C13H20N4O3S/c14-13-12(4-1-5-15-13)21(18,19)16-7-11-8-17-6-2-3-10(17)9-20-11/h1,4-5,10-11,16H,2-3,6-9H2,(H2,14,15). The van der Waals surface area contributed by atoms with Gasteiger partial charge in [0.2, 0.25) is 10.0 Å². The summed E-state index contributed by atoms with van der Waals surface area (Å²) in [6.07, 6.45) is 3.71. The number of nitrogens with zero attached hydrogens (tertiary/aromatic N) is 2. The zero-order valence-electron chi connectivity index (χ0n) is 11.7. The molecule has 2 aliphatic heterocycles. The average Bonchev–Trinajstić information content (AvgIpc) is 2.93. The molecule has 3 N–H and O–H groups in total. The number of sulfonamides is 1. The van der Waals surface area contributed by atoms with E-state index in [9.17, 15) is 8.42 Å². The van der Waals surface area contributed by atoms with Crippen LogP contribution in [0, 0.1) is 0 Å². The van der Waals surface area contributed by atoms with E-state index in [0.29, 0.717) is 12.6 Å². The molecule has 1 aromatic rings. The van der Waals surface area contributed by atoms with E-state index in [-0.39, 0.29) is 23.4 Å². The number of pyridine rings is 1. The number of fused-ring (bicyclic) bond motifs is 1. The lowest BCUT2D eigenvalue weighted by atomic mass is 10.2. The summed E-state index contributed by atoms with van der Waals surface area (Å²) in [5.41, 5.74) is 5.62. The Labute approximate surface area is 124 Å². The van der Waals surface area contributed by atoms with Crippen molar-refractivity contribution in [3.05, 3.63) is 18.3 Å². The molecule has 2 saturated heterocycles. The van der Waals surface area contributed by atoms with Gasteiger partial charge in [0.25, 0.3) is 0 Å². The maximum absolute atomic E-state index is 12.2. The molecule has 2 atom stereocenters. The molecule has 116 valence electrons. The van der Waals surface area contributed by atoms with Crippen LogP contribution in [0.3, 0.4) is 0 Å². The Balaban J connectivity index is 1.61. The highest BCUT2D eigenvalue weighted by molar-refractivity contribution is 7.89. The van der Waals surface area contributed by atoms with Crippen LogP contribution in [0.2, 0.25) is 0 Å². The monoisotopic (exact) mass is 312 g/mol. The molecule has 0 saturated carbocycles. The van der Waals surface area contributed by atoms with E-state index in [0.717, 1.165) is 13.1 Å². The van der Waals surface area contributed by atoms with Crippen molar-refractivity contribution >= 4 is 15.8 Å². The SMILES string of the molecule is Nc1ncccc1S(=O)(=O)NCC1CN2CCCC2CO1. The van der Waals surface area contributed by atoms with Gasteiger partial charge in [-0.1, -0.05) is 0 Å². The third kappa shape index (κ3) is 3.18. The molecule has 0 radical (unpaired) electrons. The van der Waals surface area contributed by atoms with Crippen LogP contribution in [0.15, 0.2) is 23.2 Å². The van der Waals surface area contributed by atoms with Crippen LogP contribution < -0.4 is 10.5 Å². The van der Waals surface area contributed by atoms with Crippen LogP contribution in [-0.2, 0) is 14.8 Å². The maximum Gasteiger partial charge on any atom is 0.244 e. The van der Waals surface area contributed by atoms with E-state index in [1.54, 1.807) is 6.07 Å². The molecule has 2 unspecified atom stereocenters. The normalized spacial score (nSPS) is 26.7. The van der Waals surface area contributed by atoms with Gasteiger partial charge in [0.1, 0.15) is 10.7 Å². The molecule has 7 nitrogen and oxygen atoms in total. The molecule has 0 amide bonds. The number of rotatable bonds is 4. The Morgan fingerprint density at radius 3 is 3.19 bits per heavy atom. The van der Waals surface area contributed by atoms with Crippen molar-refractivity contribution in [1.29, 1.82) is 0 Å². The van der Waals surface area contributed by atoms with Gasteiger partial charge in [-0.25, -0.2) is 18.1 Å². The molecule has 0 aliphatic carbocycles. The summed E-state index contributed by atoms with van der Waals surface area (Å²) < 4.78 is 32.8. The number of nitrogen functional groups attached to an aromatic ring is 1. The summed E-state index contributed by atoms with van der Waals surface area (Å²) in [5.74, 6) is 0.00849. The van der Waals surface area contributed by atoms with Crippen molar-refractivity contribution in [2.45, 2.75) is 29.9 Å². The van der Waals surface area contributed by atoms with Gasteiger partial charge in [-0.05, 0) is 31.5 Å². The van der Waals surface area contributed by atoms with Crippen molar-refractivity contribution in [1.82, 2.24) is 14.6 Å². The van der Waals surface area contributed by atoms with E-state index in [1.807, 2.05) is 0 Å². The first-order valence-corrected chi connectivity index (χ1v) is 8.60. The van der Waals surface area contributed by atoms with E-state index < -0.39 is 10.0 Å². The Morgan fingerprint density at radius 1 is 1.52 bits per heavy atom. The van der Waals surface area contributed by atoms with Crippen LogP contribution in [0.5, 0.6) is 0 Å². The third-order valence-electron chi connectivity index (χ3n) is 4.05. The molecule has 1 aromatic heterocycles. The zero-order chi connectivity index (χ0) is 14.9. The Bertz CT molecular complexity index is 607. The van der Waals surface area contributed by atoms with Gasteiger partial charge in [-0.3, -0.25) is 4.90 Å². The minimum absolute atomic E-state index is 0.00849. The minimum Gasteiger partial charge on any atom is -0.383 e. The largest absolute Gasteiger partial charge is 0.383 e. The van der Waals surface area contributed by atoms with Crippen LogP contribution in [0.4, 0.5) is 5.82 Å². The third-order valence-corrected chi connectivity index (χ3v) is 5.52. The molecular weight excluding hydrogens is 292 g/mol. The number of morpholine rings is 1. The van der Waals surface area contributed by atoms with Gasteiger partial charge in [0.05, 0.1) is 12.7 Å². The Kier molecular flexibility index (Phi) is 4.12. The minimum atomic E-state index is -3.65. The molecule has 2 aliphatic rings. The number of hydrogen-bond acceptors (Lipinski definition) is 6. The summed E-state index contributed by atoms with van der Waals surface area (Å²) in [4.78, 5) is 6.19. The Morgan fingerprint density at radius 2 is 2.38 bits per heavy atom. The second-order valence-corrected chi connectivity index (χ2v) is 7.22. The first-order chi connectivity index (χ1) is 10.1. The number of nitrogens with two attached hydrogens (primary N) is 1. The fraction of sp³-hybridized carbons (Fsp3) is 0.615. The van der Waals surface area contributed by atoms with Crippen molar-refractivity contribution in [2.24, 2.45) is 0 Å². The van der Waals surface area contributed by atoms with Crippen molar-refractivity contribution in [2.75, 3.05) is 32.0 Å². The molecule has 0 aromatic carbocycles. The van der Waals surface area contributed by atoms with Gasteiger partial charge >= 0.3 is 0 Å². The molecule has 0 spiro atoms. The molecule has 3 rings (SSSR count). The maximum atomic E-state index is 12.2. The van der Waals surface area contributed by atoms with Gasteiger partial charge in [-0.15, -0.1) is 0 Å². The van der Waals surface area contributed by atoms with Gasteiger partial charge in [0.15, 0.2) is 0 Å². The highest BCUT2D eigenvalue weighted by Gasteiger charge is 2.32. The van der Waals surface area contributed by atoms with Gasteiger partial charge in [0, 0.05) is 25.3 Å². The predicted molar refractivity (Wildman–Crippen MR) is 78.2 cm³/mol. The fourth-order valence-electron chi connectivity index (χ4n) is 2.92. The number of anilines is 1. The Hall–Kier alpha value is -1.22. The number of hydrogen-bond donors (Lipinski definition) is 2. The van der Waals surface area contributed by atoms with Crippen molar-refractivity contribution in [3.8, 4) is 0 Å². The van der Waals surface area contributed by atoms with Crippen LogP contribution >= 0.6 is 0 Å². The summed E-state index contributed by atoms with van der Waals surface area (Å²) in [6, 6.07) is 3.51. The molecule has 0 bridgehead atoms. The quantitative estimate of drug-likeness (QED) is 0.799. The summed E-state index contributed by atoms with van der Waals surface area (Å²) >= 11 is 0. The molecule has 21 heavy (non-hydrogen) atoms. The number of aromatic nitrogens is 1. The number of nitrogens with one attached hydrogen (secondary N) is 1. The smallest absolute Gasteiger partial charge is 0.244 e. The second-order valence-electron chi connectivity index (χ2n) is 5.49. The highest BCUT2D eigenvalue weighted by Crippen LogP contribution is 2.22. The van der Waals surface area contributed by atoms with E-state index >= 15 is 0 Å². The summed E-state index contributed by atoms with van der Waals surface area (Å²) in [6.45, 7) is 2.78. The first kappa shape index (κ1) is 14.7. The highest BCUT2D eigenvalue weighted by atomic mass is 32.2. The van der Waals surface area contributed by atoms with Crippen LogP contribution in [-0.4, -0.2) is 56.7 Å². The second kappa shape index (κ2) is 5.88. The lowest BCUT2D eigenvalue weighted by Gasteiger charge is -2.35. The van der Waals surface area contributed by atoms with Crippen molar-refractivity contribution in [3.63, 3.8) is 0 Å². The summed E-state index contributed by atoms with van der Waals surface area (Å²) in [5, 5.41) is 0. The fourth-order valence-corrected chi connectivity index (χ4v) is 4.07. The predicted octanol–water partition coefficient (Wildman–Crippen LogP) is -0.195.